The fourth-order valence-corrected chi connectivity index (χ4v) is 2.85. The fraction of sp³-hybridized carbons (Fsp3) is 1.00. The Bertz CT molecular complexity index is 180. The Hall–Kier alpha value is -0.120. The summed E-state index contributed by atoms with van der Waals surface area (Å²) in [6.07, 6.45) is 7.31. The van der Waals surface area contributed by atoms with E-state index in [-0.39, 0.29) is 5.48 Å². The first-order chi connectivity index (χ1) is 6.77. The van der Waals surface area contributed by atoms with Crippen molar-refractivity contribution >= 4 is 0 Å². The zero-order valence-corrected chi connectivity index (χ0v) is 10.2. The van der Waals surface area contributed by atoms with Gasteiger partial charge in [0.05, 0.1) is 0 Å². The second-order valence-electron chi connectivity index (χ2n) is 5.12. The van der Waals surface area contributed by atoms with Gasteiger partial charge in [-0.15, -0.1) is 0 Å². The molecule has 1 aliphatic heterocycles. The van der Waals surface area contributed by atoms with E-state index in [1.54, 1.807) is 0 Å². The van der Waals surface area contributed by atoms with Crippen LogP contribution in [0.2, 0.25) is 0 Å². The molecule has 1 saturated heterocycles. The van der Waals surface area contributed by atoms with Crippen molar-refractivity contribution in [2.45, 2.75) is 51.1 Å². The van der Waals surface area contributed by atoms with E-state index in [2.05, 4.69) is 23.8 Å². The molecule has 0 aromatic heterocycles. The van der Waals surface area contributed by atoms with Crippen LogP contribution in [0, 0.1) is 0 Å². The molecule has 90 valence electrons. The van der Waals surface area contributed by atoms with Gasteiger partial charge in [-0.2, -0.15) is 0 Å². The number of hydrogen-bond acceptors (Lipinski definition) is 2. The summed E-state index contributed by atoms with van der Waals surface area (Å²) in [5, 5.41) is 0. The van der Waals surface area contributed by atoms with Gasteiger partial charge in [0.15, 0.2) is 0 Å². The van der Waals surface area contributed by atoms with Crippen LogP contribution in [-0.2, 0) is 0 Å². The molecule has 2 aliphatic rings. The summed E-state index contributed by atoms with van der Waals surface area (Å²) in [4.78, 5) is 5.23. The highest BCUT2D eigenvalue weighted by Gasteiger charge is 2.27. The molecule has 1 aliphatic carbocycles. The van der Waals surface area contributed by atoms with Crippen LogP contribution in [0.1, 0.15) is 39.0 Å². The predicted octanol–water partition coefficient (Wildman–Crippen LogP) is 1.13. The third-order valence-corrected chi connectivity index (χ3v) is 4.08. The maximum atomic E-state index is 2.74. The van der Waals surface area contributed by atoms with Gasteiger partial charge < -0.3 is 10.4 Å². The van der Waals surface area contributed by atoms with Crippen LogP contribution < -0.4 is 0 Å². The quantitative estimate of drug-likeness (QED) is 0.656. The van der Waals surface area contributed by atoms with Gasteiger partial charge in [0, 0.05) is 31.7 Å². The molecule has 0 radical (unpaired) electrons. The standard InChI is InChI=1S/C12H24N2.H2O/c1-11-10-14(9-8-13(11)2)12-6-4-3-5-7-12;/h11-12H,3-10H2,1-2H3;1H2. The average molecular weight is 214 g/mol. The zero-order valence-electron chi connectivity index (χ0n) is 10.2. The second-order valence-corrected chi connectivity index (χ2v) is 5.12. The second kappa shape index (κ2) is 5.83. The Balaban J connectivity index is 0.00000112. The molecule has 2 rings (SSSR count). The molecule has 15 heavy (non-hydrogen) atoms. The molecule has 1 unspecified atom stereocenters. The fourth-order valence-electron chi connectivity index (χ4n) is 2.85. The third-order valence-electron chi connectivity index (χ3n) is 4.08. The molecule has 3 heteroatoms. The molecular weight excluding hydrogens is 188 g/mol. The van der Waals surface area contributed by atoms with Crippen molar-refractivity contribution in [2.75, 3.05) is 26.7 Å². The minimum atomic E-state index is 0. The summed E-state index contributed by atoms with van der Waals surface area (Å²) in [5.74, 6) is 0. The van der Waals surface area contributed by atoms with E-state index in [1.165, 1.54) is 51.7 Å². The van der Waals surface area contributed by atoms with Gasteiger partial charge in [-0.1, -0.05) is 19.3 Å². The lowest BCUT2D eigenvalue weighted by Crippen LogP contribution is -2.53. The molecular formula is C12H26N2O. The van der Waals surface area contributed by atoms with E-state index in [0.717, 1.165) is 12.1 Å². The van der Waals surface area contributed by atoms with Crippen LogP contribution >= 0.6 is 0 Å². The van der Waals surface area contributed by atoms with E-state index in [4.69, 9.17) is 0 Å². The average Bonchev–Trinajstić information content (AvgIpc) is 2.23. The van der Waals surface area contributed by atoms with Crippen molar-refractivity contribution in [2.24, 2.45) is 0 Å². The van der Waals surface area contributed by atoms with E-state index >= 15 is 0 Å². The lowest BCUT2D eigenvalue weighted by molar-refractivity contribution is 0.0577. The van der Waals surface area contributed by atoms with Crippen LogP contribution in [-0.4, -0.2) is 54.0 Å². The molecule has 0 bridgehead atoms. The van der Waals surface area contributed by atoms with Gasteiger partial charge in [0.1, 0.15) is 0 Å². The van der Waals surface area contributed by atoms with Gasteiger partial charge in [-0.05, 0) is 26.8 Å². The SMILES string of the molecule is CC1CN(C2CCCCC2)CCN1C.O. The van der Waals surface area contributed by atoms with Gasteiger partial charge in [-0.25, -0.2) is 0 Å². The van der Waals surface area contributed by atoms with Crippen molar-refractivity contribution < 1.29 is 5.48 Å². The van der Waals surface area contributed by atoms with Gasteiger partial charge in [0.2, 0.25) is 0 Å². The molecule has 0 amide bonds. The molecule has 3 nitrogen and oxygen atoms in total. The molecule has 0 spiro atoms. The summed E-state index contributed by atoms with van der Waals surface area (Å²) in [7, 11) is 2.25. The molecule has 1 saturated carbocycles. The van der Waals surface area contributed by atoms with Crippen LogP contribution in [0.15, 0.2) is 0 Å². The summed E-state index contributed by atoms with van der Waals surface area (Å²) in [6, 6.07) is 1.67. The Kier molecular flexibility index (Phi) is 5.03. The van der Waals surface area contributed by atoms with Crippen LogP contribution in [0.4, 0.5) is 0 Å². The van der Waals surface area contributed by atoms with Crippen molar-refractivity contribution in [1.29, 1.82) is 0 Å². The van der Waals surface area contributed by atoms with Crippen LogP contribution in [0.25, 0.3) is 0 Å². The Labute approximate surface area is 93.7 Å². The lowest BCUT2D eigenvalue weighted by Gasteiger charge is -2.43. The first-order valence-corrected chi connectivity index (χ1v) is 6.21. The van der Waals surface area contributed by atoms with Crippen LogP contribution in [0.3, 0.4) is 0 Å². The topological polar surface area (TPSA) is 38.0 Å². The van der Waals surface area contributed by atoms with E-state index < -0.39 is 0 Å². The van der Waals surface area contributed by atoms with Crippen molar-refractivity contribution in [1.82, 2.24) is 9.80 Å². The Morgan fingerprint density at radius 2 is 1.67 bits per heavy atom. The summed E-state index contributed by atoms with van der Waals surface area (Å²) >= 11 is 0. The monoisotopic (exact) mass is 214 g/mol. The molecule has 0 aromatic rings. The summed E-state index contributed by atoms with van der Waals surface area (Å²) in [5.41, 5.74) is 0. The Morgan fingerprint density at radius 1 is 1.00 bits per heavy atom. The first kappa shape index (κ1) is 12.9. The van der Waals surface area contributed by atoms with Gasteiger partial charge in [0.25, 0.3) is 0 Å². The highest BCUT2D eigenvalue weighted by molar-refractivity contribution is 4.83. The van der Waals surface area contributed by atoms with Gasteiger partial charge >= 0.3 is 0 Å². The number of piperazine rings is 1. The number of hydrogen-bond donors (Lipinski definition) is 0. The summed E-state index contributed by atoms with van der Waals surface area (Å²) < 4.78 is 0. The lowest BCUT2D eigenvalue weighted by atomic mass is 9.93. The normalized spacial score (nSPS) is 31.2. The molecule has 1 heterocycles. The maximum absolute atomic E-state index is 2.74. The number of likely N-dealkylation sites (N-methyl/N-ethyl adjacent to an activating group) is 1. The minimum absolute atomic E-state index is 0. The van der Waals surface area contributed by atoms with Crippen LogP contribution in [0.5, 0.6) is 0 Å². The third kappa shape index (κ3) is 3.16. The first-order valence-electron chi connectivity index (χ1n) is 6.21. The molecule has 2 fully saturated rings. The molecule has 0 aromatic carbocycles. The maximum Gasteiger partial charge on any atom is 0.0192 e. The highest BCUT2D eigenvalue weighted by atomic mass is 16.0. The largest absolute Gasteiger partial charge is 0.412 e. The van der Waals surface area contributed by atoms with Gasteiger partial charge in [-0.3, -0.25) is 4.90 Å². The van der Waals surface area contributed by atoms with E-state index in [1.807, 2.05) is 0 Å². The Morgan fingerprint density at radius 3 is 2.27 bits per heavy atom. The minimum Gasteiger partial charge on any atom is -0.412 e. The van der Waals surface area contributed by atoms with E-state index in [9.17, 15) is 0 Å². The van der Waals surface area contributed by atoms with Crippen molar-refractivity contribution in [3.63, 3.8) is 0 Å². The molecule has 2 N–H and O–H groups in total. The highest BCUT2D eigenvalue weighted by Crippen LogP contribution is 2.24. The van der Waals surface area contributed by atoms with E-state index in [0.29, 0.717) is 0 Å². The smallest absolute Gasteiger partial charge is 0.0192 e. The summed E-state index contributed by atoms with van der Waals surface area (Å²) in [6.45, 7) is 6.21. The van der Waals surface area contributed by atoms with Crippen molar-refractivity contribution in [3.8, 4) is 0 Å². The number of nitrogens with zero attached hydrogens (tertiary/aromatic N) is 2. The molecule has 1 atom stereocenters. The van der Waals surface area contributed by atoms with Crippen molar-refractivity contribution in [3.05, 3.63) is 0 Å². The zero-order chi connectivity index (χ0) is 9.97. The number of rotatable bonds is 1. The predicted molar refractivity (Wildman–Crippen MR) is 64.2 cm³/mol.